The molecule has 0 aliphatic carbocycles. The highest BCUT2D eigenvalue weighted by Gasteiger charge is 2.02. The molecule has 1 aromatic rings. The Hall–Kier alpha value is -1.21. The lowest BCUT2D eigenvalue weighted by Crippen LogP contribution is -2.36. The number of hydrogen-bond acceptors (Lipinski definition) is 5. The van der Waals surface area contributed by atoms with E-state index in [4.69, 9.17) is 21.5 Å². The molecule has 6 nitrogen and oxygen atoms in total. The fourth-order valence-electron chi connectivity index (χ4n) is 0.897. The first-order valence-corrected chi connectivity index (χ1v) is 4.93. The van der Waals surface area contributed by atoms with E-state index in [0.29, 0.717) is 36.5 Å². The van der Waals surface area contributed by atoms with E-state index < -0.39 is 0 Å². The van der Waals surface area contributed by atoms with Crippen LogP contribution in [0.5, 0.6) is 0 Å². The molecule has 0 unspecified atom stereocenters. The van der Waals surface area contributed by atoms with Crippen LogP contribution in [0.25, 0.3) is 0 Å². The first-order valence-electron chi connectivity index (χ1n) is 4.52. The third-order valence-electron chi connectivity index (χ3n) is 1.56. The van der Waals surface area contributed by atoms with Crippen LogP contribution in [0.2, 0.25) is 0 Å². The van der Waals surface area contributed by atoms with Crippen molar-refractivity contribution in [2.75, 3.05) is 20.3 Å². The second-order valence-electron chi connectivity index (χ2n) is 2.84. The molecule has 1 heterocycles. The number of rotatable bonds is 5. The summed E-state index contributed by atoms with van der Waals surface area (Å²) in [5, 5.41) is 10.1. The number of nitrogens with zero attached hydrogens (tertiary/aromatic N) is 2. The maximum atomic E-state index is 5.01. The number of methoxy groups -OCH3 is 1. The summed E-state index contributed by atoms with van der Waals surface area (Å²) in [6.07, 6.45) is 0. The zero-order valence-corrected chi connectivity index (χ0v) is 9.56. The number of ether oxygens (including phenoxy) is 1. The molecule has 0 spiro atoms. The van der Waals surface area contributed by atoms with Crippen molar-refractivity contribution in [1.29, 1.82) is 0 Å². The van der Waals surface area contributed by atoms with E-state index in [1.807, 2.05) is 0 Å². The number of aromatic nitrogens is 2. The van der Waals surface area contributed by atoms with Gasteiger partial charge in [0.2, 0.25) is 5.89 Å². The lowest BCUT2D eigenvalue weighted by atomic mass is 10.6. The predicted octanol–water partition coefficient (Wildman–Crippen LogP) is -0.0115. The van der Waals surface area contributed by atoms with Crippen LogP contribution in [-0.2, 0) is 11.3 Å². The van der Waals surface area contributed by atoms with Crippen LogP contribution in [0.4, 0.5) is 0 Å². The largest absolute Gasteiger partial charge is 0.383 e. The molecule has 2 N–H and O–H groups in total. The maximum Gasteiger partial charge on any atom is 0.246 e. The van der Waals surface area contributed by atoms with Gasteiger partial charge in [0, 0.05) is 13.7 Å². The quantitative estimate of drug-likeness (QED) is 0.544. The molecule has 0 fully saturated rings. The van der Waals surface area contributed by atoms with Crippen LogP contribution < -0.4 is 10.6 Å². The smallest absolute Gasteiger partial charge is 0.246 e. The van der Waals surface area contributed by atoms with E-state index >= 15 is 0 Å². The van der Waals surface area contributed by atoms with E-state index in [1.54, 1.807) is 14.0 Å². The molecule has 0 aromatic carbocycles. The summed E-state index contributed by atoms with van der Waals surface area (Å²) in [5.74, 6) is 1.13. The summed E-state index contributed by atoms with van der Waals surface area (Å²) in [5.41, 5.74) is 0. The van der Waals surface area contributed by atoms with Gasteiger partial charge in [-0.15, -0.1) is 0 Å². The van der Waals surface area contributed by atoms with Gasteiger partial charge in [-0.05, 0) is 19.1 Å². The zero-order valence-electron chi connectivity index (χ0n) is 8.74. The highest BCUT2D eigenvalue weighted by atomic mass is 32.1. The summed E-state index contributed by atoms with van der Waals surface area (Å²) >= 11 is 5.01. The molecule has 0 amide bonds. The summed E-state index contributed by atoms with van der Waals surface area (Å²) in [7, 11) is 1.64. The second kappa shape index (κ2) is 6.31. The number of aryl methyl sites for hydroxylation is 1. The third kappa shape index (κ3) is 4.71. The van der Waals surface area contributed by atoms with Gasteiger partial charge in [0.25, 0.3) is 0 Å². The molecule has 0 atom stereocenters. The van der Waals surface area contributed by atoms with Gasteiger partial charge in [-0.2, -0.15) is 4.98 Å². The monoisotopic (exact) mass is 230 g/mol. The molecule has 15 heavy (non-hydrogen) atoms. The van der Waals surface area contributed by atoms with Gasteiger partial charge < -0.3 is 19.9 Å². The number of thiocarbonyl (C=S) groups is 1. The van der Waals surface area contributed by atoms with Crippen LogP contribution in [0.1, 0.15) is 11.7 Å². The van der Waals surface area contributed by atoms with E-state index in [2.05, 4.69) is 20.8 Å². The standard InChI is InChI=1S/C8H14N4O2S/c1-6-11-7(14-12-6)5-10-8(15)9-3-4-13-2/h3-5H2,1-2H3,(H2,9,10,15). The molecule has 0 saturated carbocycles. The second-order valence-corrected chi connectivity index (χ2v) is 3.25. The molecule has 0 saturated heterocycles. The molecular formula is C8H14N4O2S. The van der Waals surface area contributed by atoms with Crippen molar-refractivity contribution in [2.24, 2.45) is 0 Å². The van der Waals surface area contributed by atoms with Crippen molar-refractivity contribution in [3.8, 4) is 0 Å². The van der Waals surface area contributed by atoms with Gasteiger partial charge in [-0.3, -0.25) is 0 Å². The minimum atomic E-state index is 0.430. The molecule has 0 radical (unpaired) electrons. The lowest BCUT2D eigenvalue weighted by molar-refractivity contribution is 0.204. The highest BCUT2D eigenvalue weighted by Crippen LogP contribution is 1.93. The summed E-state index contributed by atoms with van der Waals surface area (Å²) < 4.78 is 9.77. The van der Waals surface area contributed by atoms with Crippen LogP contribution in [0.3, 0.4) is 0 Å². The molecule has 1 aromatic heterocycles. The third-order valence-corrected chi connectivity index (χ3v) is 1.85. The Morgan fingerprint density at radius 1 is 1.53 bits per heavy atom. The molecule has 7 heteroatoms. The zero-order chi connectivity index (χ0) is 11.1. The van der Waals surface area contributed by atoms with Crippen LogP contribution >= 0.6 is 12.2 Å². The lowest BCUT2D eigenvalue weighted by Gasteiger charge is -2.07. The molecule has 0 aliphatic rings. The van der Waals surface area contributed by atoms with E-state index in [1.165, 1.54) is 0 Å². The summed E-state index contributed by atoms with van der Waals surface area (Å²) in [4.78, 5) is 4.03. The van der Waals surface area contributed by atoms with Crippen molar-refractivity contribution < 1.29 is 9.26 Å². The molecule has 0 aliphatic heterocycles. The first-order chi connectivity index (χ1) is 7.22. The minimum absolute atomic E-state index is 0.430. The fourth-order valence-corrected chi connectivity index (χ4v) is 1.07. The van der Waals surface area contributed by atoms with Crippen LogP contribution in [0.15, 0.2) is 4.52 Å². The minimum Gasteiger partial charge on any atom is -0.383 e. The van der Waals surface area contributed by atoms with Gasteiger partial charge in [-0.25, -0.2) is 0 Å². The average molecular weight is 230 g/mol. The van der Waals surface area contributed by atoms with Gasteiger partial charge in [-0.1, -0.05) is 5.16 Å². The normalized spacial score (nSPS) is 10.0. The van der Waals surface area contributed by atoms with Gasteiger partial charge in [0.15, 0.2) is 10.9 Å². The SMILES string of the molecule is COCCNC(=S)NCc1nc(C)no1. The Balaban J connectivity index is 2.16. The van der Waals surface area contributed by atoms with E-state index in [-0.39, 0.29) is 0 Å². The van der Waals surface area contributed by atoms with Crippen LogP contribution in [0, 0.1) is 6.92 Å². The van der Waals surface area contributed by atoms with E-state index in [9.17, 15) is 0 Å². The Morgan fingerprint density at radius 3 is 2.93 bits per heavy atom. The van der Waals surface area contributed by atoms with Crippen molar-refractivity contribution in [1.82, 2.24) is 20.8 Å². The topological polar surface area (TPSA) is 72.2 Å². The molecule has 1 rings (SSSR count). The molecular weight excluding hydrogens is 216 g/mol. The maximum absolute atomic E-state index is 5.01. The number of hydrogen-bond donors (Lipinski definition) is 2. The van der Waals surface area contributed by atoms with Gasteiger partial charge in [0.1, 0.15) is 0 Å². The Kier molecular flexibility index (Phi) is 4.99. The molecule has 84 valence electrons. The fraction of sp³-hybridized carbons (Fsp3) is 0.625. The van der Waals surface area contributed by atoms with Crippen molar-refractivity contribution in [3.63, 3.8) is 0 Å². The molecule has 0 bridgehead atoms. The van der Waals surface area contributed by atoms with Crippen molar-refractivity contribution >= 4 is 17.3 Å². The summed E-state index contributed by atoms with van der Waals surface area (Å²) in [6.45, 7) is 3.48. The van der Waals surface area contributed by atoms with Crippen LogP contribution in [-0.4, -0.2) is 35.5 Å². The highest BCUT2D eigenvalue weighted by molar-refractivity contribution is 7.80. The Bertz CT molecular complexity index is 315. The van der Waals surface area contributed by atoms with Gasteiger partial charge in [0.05, 0.1) is 13.2 Å². The van der Waals surface area contributed by atoms with E-state index in [0.717, 1.165) is 0 Å². The predicted molar refractivity (Wildman–Crippen MR) is 58.4 cm³/mol. The summed E-state index contributed by atoms with van der Waals surface area (Å²) in [6, 6.07) is 0. The van der Waals surface area contributed by atoms with Gasteiger partial charge >= 0.3 is 0 Å². The Morgan fingerprint density at radius 2 is 2.33 bits per heavy atom. The number of nitrogens with one attached hydrogen (secondary N) is 2. The van der Waals surface area contributed by atoms with Crippen molar-refractivity contribution in [3.05, 3.63) is 11.7 Å². The first kappa shape index (κ1) is 11.9. The van der Waals surface area contributed by atoms with Crippen molar-refractivity contribution in [2.45, 2.75) is 13.5 Å². The Labute approximate surface area is 93.4 Å². The average Bonchev–Trinajstić information content (AvgIpc) is 2.62.